The van der Waals surface area contributed by atoms with E-state index in [1.54, 1.807) is 12.1 Å². The Bertz CT molecular complexity index is 568. The van der Waals surface area contributed by atoms with E-state index >= 15 is 0 Å². The van der Waals surface area contributed by atoms with Gasteiger partial charge in [0.05, 0.1) is 4.92 Å². The summed E-state index contributed by atoms with van der Waals surface area (Å²) in [7, 11) is 0. The zero-order chi connectivity index (χ0) is 13.1. The summed E-state index contributed by atoms with van der Waals surface area (Å²) in [5.41, 5.74) is 0.693. The van der Waals surface area contributed by atoms with E-state index in [0.29, 0.717) is 16.5 Å². The highest BCUT2D eigenvalue weighted by atomic mass is 32.1. The van der Waals surface area contributed by atoms with Crippen LogP contribution in [0.2, 0.25) is 0 Å². The highest BCUT2D eigenvalue weighted by Crippen LogP contribution is 2.24. The Labute approximate surface area is 108 Å². The largest absolute Gasteiger partial charge is 0.358 e. The van der Waals surface area contributed by atoms with Crippen LogP contribution in [0.15, 0.2) is 24.3 Å². The smallest absolute Gasteiger partial charge is 0.270 e. The zero-order valence-corrected chi connectivity index (χ0v) is 10.8. The monoisotopic (exact) mass is 264 g/mol. The SMILES string of the molecule is CC(C)Nc1nc(-c2cccc([N+](=O)[O-])c2)ns1. The highest BCUT2D eigenvalue weighted by Gasteiger charge is 2.11. The molecule has 0 aliphatic heterocycles. The Morgan fingerprint density at radius 2 is 2.22 bits per heavy atom. The van der Waals surface area contributed by atoms with Crippen molar-refractivity contribution < 1.29 is 4.92 Å². The Morgan fingerprint density at radius 3 is 2.89 bits per heavy atom. The van der Waals surface area contributed by atoms with Gasteiger partial charge in [-0.15, -0.1) is 0 Å². The van der Waals surface area contributed by atoms with E-state index in [4.69, 9.17) is 0 Å². The maximum absolute atomic E-state index is 10.7. The number of non-ortho nitro benzene ring substituents is 1. The number of rotatable bonds is 4. The molecule has 0 saturated heterocycles. The topological polar surface area (TPSA) is 81.0 Å². The number of nitro groups is 1. The number of hydrogen-bond donors (Lipinski definition) is 1. The van der Waals surface area contributed by atoms with Gasteiger partial charge in [0.1, 0.15) is 0 Å². The summed E-state index contributed by atoms with van der Waals surface area (Å²) in [4.78, 5) is 14.6. The fourth-order valence-electron chi connectivity index (χ4n) is 1.40. The van der Waals surface area contributed by atoms with E-state index < -0.39 is 4.92 Å². The van der Waals surface area contributed by atoms with Crippen LogP contribution in [-0.4, -0.2) is 20.3 Å². The van der Waals surface area contributed by atoms with Crippen molar-refractivity contribution in [1.82, 2.24) is 9.36 Å². The molecule has 1 aromatic carbocycles. The summed E-state index contributed by atoms with van der Waals surface area (Å²) in [6.45, 7) is 4.02. The molecule has 0 unspecified atom stereocenters. The van der Waals surface area contributed by atoms with Crippen molar-refractivity contribution in [2.24, 2.45) is 0 Å². The fraction of sp³-hybridized carbons (Fsp3) is 0.273. The minimum absolute atomic E-state index is 0.0423. The van der Waals surface area contributed by atoms with Crippen LogP contribution in [0.3, 0.4) is 0 Å². The van der Waals surface area contributed by atoms with Crippen LogP contribution >= 0.6 is 11.5 Å². The summed E-state index contributed by atoms with van der Waals surface area (Å²) in [5, 5.41) is 14.5. The summed E-state index contributed by atoms with van der Waals surface area (Å²) in [5.74, 6) is 0.506. The Hall–Kier alpha value is -2.02. The van der Waals surface area contributed by atoms with Gasteiger partial charge in [0.2, 0.25) is 5.13 Å². The molecular weight excluding hydrogens is 252 g/mol. The first-order valence-electron chi connectivity index (χ1n) is 5.41. The molecule has 1 heterocycles. The third kappa shape index (κ3) is 2.80. The molecule has 6 nitrogen and oxygen atoms in total. The standard InChI is InChI=1S/C11H12N4O2S/c1-7(2)12-11-13-10(14-18-11)8-4-3-5-9(6-8)15(16)17/h3-7H,1-2H3,(H,12,13,14). The molecule has 7 heteroatoms. The number of nitro benzene ring substituents is 1. The number of aromatic nitrogens is 2. The number of benzene rings is 1. The van der Waals surface area contributed by atoms with Crippen molar-refractivity contribution in [3.63, 3.8) is 0 Å². The predicted octanol–water partition coefficient (Wildman–Crippen LogP) is 2.93. The van der Waals surface area contributed by atoms with Gasteiger partial charge in [-0.1, -0.05) is 12.1 Å². The molecule has 0 atom stereocenters. The van der Waals surface area contributed by atoms with Crippen LogP contribution < -0.4 is 5.32 Å². The van der Waals surface area contributed by atoms with Gasteiger partial charge < -0.3 is 5.32 Å². The lowest BCUT2D eigenvalue weighted by atomic mass is 10.2. The van der Waals surface area contributed by atoms with Crippen LogP contribution in [0, 0.1) is 10.1 Å². The normalized spacial score (nSPS) is 10.6. The van der Waals surface area contributed by atoms with Gasteiger partial charge in [-0.3, -0.25) is 10.1 Å². The van der Waals surface area contributed by atoms with Crippen molar-refractivity contribution in [2.75, 3.05) is 5.32 Å². The first-order valence-corrected chi connectivity index (χ1v) is 6.18. The molecule has 2 rings (SSSR count). The number of nitrogens with one attached hydrogen (secondary N) is 1. The molecule has 0 amide bonds. The molecule has 0 aliphatic carbocycles. The number of hydrogen-bond acceptors (Lipinski definition) is 6. The third-order valence-corrected chi connectivity index (χ3v) is 2.80. The molecule has 0 spiro atoms. The van der Waals surface area contributed by atoms with Crippen molar-refractivity contribution in [1.29, 1.82) is 0 Å². The minimum atomic E-state index is -0.427. The van der Waals surface area contributed by atoms with Crippen molar-refractivity contribution in [3.05, 3.63) is 34.4 Å². The quantitative estimate of drug-likeness (QED) is 0.678. The predicted molar refractivity (Wildman–Crippen MR) is 70.8 cm³/mol. The zero-order valence-electron chi connectivity index (χ0n) is 9.95. The molecule has 0 fully saturated rings. The van der Waals surface area contributed by atoms with Crippen molar-refractivity contribution in [2.45, 2.75) is 19.9 Å². The van der Waals surface area contributed by atoms with Crippen molar-refractivity contribution >= 4 is 22.4 Å². The van der Waals surface area contributed by atoms with Crippen LogP contribution in [0.25, 0.3) is 11.4 Å². The molecule has 0 radical (unpaired) electrons. The second-order valence-electron chi connectivity index (χ2n) is 4.03. The van der Waals surface area contributed by atoms with E-state index in [0.717, 1.165) is 0 Å². The molecule has 94 valence electrons. The lowest BCUT2D eigenvalue weighted by Gasteiger charge is -2.03. The van der Waals surface area contributed by atoms with E-state index in [2.05, 4.69) is 14.7 Å². The summed E-state index contributed by atoms with van der Waals surface area (Å²) in [6.07, 6.45) is 0. The summed E-state index contributed by atoms with van der Waals surface area (Å²) >= 11 is 1.24. The Kier molecular flexibility index (Phi) is 3.52. The highest BCUT2D eigenvalue weighted by molar-refractivity contribution is 7.09. The molecule has 0 saturated carbocycles. The van der Waals surface area contributed by atoms with Gasteiger partial charge in [0.25, 0.3) is 5.69 Å². The second-order valence-corrected chi connectivity index (χ2v) is 4.78. The van der Waals surface area contributed by atoms with E-state index in [1.807, 2.05) is 13.8 Å². The van der Waals surface area contributed by atoms with Crippen LogP contribution in [0.4, 0.5) is 10.8 Å². The number of nitrogens with zero attached hydrogens (tertiary/aromatic N) is 3. The molecule has 1 aromatic heterocycles. The molecule has 0 bridgehead atoms. The fourth-order valence-corrected chi connectivity index (χ4v) is 2.14. The Morgan fingerprint density at radius 1 is 1.44 bits per heavy atom. The minimum Gasteiger partial charge on any atom is -0.358 e. The van der Waals surface area contributed by atoms with Crippen LogP contribution in [0.5, 0.6) is 0 Å². The summed E-state index contributed by atoms with van der Waals surface area (Å²) in [6, 6.07) is 6.58. The summed E-state index contributed by atoms with van der Waals surface area (Å²) < 4.78 is 4.19. The maximum Gasteiger partial charge on any atom is 0.270 e. The average molecular weight is 264 g/mol. The van der Waals surface area contributed by atoms with Gasteiger partial charge in [-0.05, 0) is 13.8 Å². The lowest BCUT2D eigenvalue weighted by molar-refractivity contribution is -0.384. The number of anilines is 1. The molecule has 1 N–H and O–H groups in total. The van der Waals surface area contributed by atoms with E-state index in [-0.39, 0.29) is 11.7 Å². The van der Waals surface area contributed by atoms with Gasteiger partial charge >= 0.3 is 0 Å². The lowest BCUT2D eigenvalue weighted by Crippen LogP contribution is -2.08. The van der Waals surface area contributed by atoms with Crippen LogP contribution in [0.1, 0.15) is 13.8 Å². The third-order valence-electron chi connectivity index (χ3n) is 2.15. The van der Waals surface area contributed by atoms with Crippen LogP contribution in [-0.2, 0) is 0 Å². The van der Waals surface area contributed by atoms with Gasteiger partial charge in [0.15, 0.2) is 5.82 Å². The first-order chi connectivity index (χ1) is 8.56. The Balaban J connectivity index is 2.28. The first kappa shape index (κ1) is 12.4. The second kappa shape index (κ2) is 5.09. The van der Waals surface area contributed by atoms with E-state index in [1.165, 1.54) is 23.7 Å². The van der Waals surface area contributed by atoms with Gasteiger partial charge in [-0.2, -0.15) is 9.36 Å². The van der Waals surface area contributed by atoms with Crippen molar-refractivity contribution in [3.8, 4) is 11.4 Å². The maximum atomic E-state index is 10.7. The molecule has 18 heavy (non-hydrogen) atoms. The molecule has 2 aromatic rings. The van der Waals surface area contributed by atoms with Gasteiger partial charge in [0, 0.05) is 35.3 Å². The van der Waals surface area contributed by atoms with Gasteiger partial charge in [-0.25, -0.2) is 0 Å². The molecular formula is C11H12N4O2S. The molecule has 0 aliphatic rings. The average Bonchev–Trinajstić information content (AvgIpc) is 2.77. The van der Waals surface area contributed by atoms with E-state index in [9.17, 15) is 10.1 Å².